The first kappa shape index (κ1) is 21.8. The van der Waals surface area contributed by atoms with Crippen LogP contribution in [0.25, 0.3) is 5.69 Å². The van der Waals surface area contributed by atoms with Gasteiger partial charge in [-0.2, -0.15) is 4.98 Å². The number of nitrogens with two attached hydrogens (primary N) is 1. The molecule has 3 N–H and O–H groups in total. The number of ether oxygens (including phenoxy) is 1. The standard InChI is InChI=1S/C22H31N5O3/c1-22(2,3)30-21(29)24-17-9-13-26(14-10-17)12-8-16-4-6-18(7-5-16)27-15-11-19(23)25-20(27)28/h4-7,11,15,17H,8-10,12-14H2,1-3H3,(H,24,29)(H2,23,25,28). The van der Waals surface area contributed by atoms with E-state index in [1.165, 1.54) is 10.1 Å². The zero-order valence-corrected chi connectivity index (χ0v) is 17.9. The Morgan fingerprint density at radius 3 is 2.47 bits per heavy atom. The second-order valence-electron chi connectivity index (χ2n) is 8.68. The van der Waals surface area contributed by atoms with E-state index in [-0.39, 0.29) is 23.6 Å². The average molecular weight is 414 g/mol. The summed E-state index contributed by atoms with van der Waals surface area (Å²) in [5.74, 6) is 0.220. The molecular weight excluding hydrogens is 382 g/mol. The lowest BCUT2D eigenvalue weighted by Crippen LogP contribution is -2.46. The van der Waals surface area contributed by atoms with Gasteiger partial charge in [0.2, 0.25) is 0 Å². The zero-order valence-electron chi connectivity index (χ0n) is 17.9. The van der Waals surface area contributed by atoms with Crippen molar-refractivity contribution in [3.63, 3.8) is 0 Å². The Morgan fingerprint density at radius 1 is 1.20 bits per heavy atom. The average Bonchev–Trinajstić information content (AvgIpc) is 2.66. The molecule has 8 nitrogen and oxygen atoms in total. The summed E-state index contributed by atoms with van der Waals surface area (Å²) < 4.78 is 6.81. The summed E-state index contributed by atoms with van der Waals surface area (Å²) in [6.07, 6.45) is 4.07. The molecule has 2 aromatic rings. The number of anilines is 1. The Kier molecular flexibility index (Phi) is 6.77. The number of likely N-dealkylation sites (tertiary alicyclic amines) is 1. The lowest BCUT2D eigenvalue weighted by atomic mass is 10.0. The number of aromatic nitrogens is 2. The highest BCUT2D eigenvalue weighted by Gasteiger charge is 2.23. The molecule has 0 unspecified atom stereocenters. The summed E-state index contributed by atoms with van der Waals surface area (Å²) in [7, 11) is 0. The first-order valence-electron chi connectivity index (χ1n) is 10.4. The summed E-state index contributed by atoms with van der Waals surface area (Å²) in [6.45, 7) is 8.46. The van der Waals surface area contributed by atoms with Crippen molar-refractivity contribution >= 4 is 11.9 Å². The van der Waals surface area contributed by atoms with Gasteiger partial charge in [-0.25, -0.2) is 9.59 Å². The SMILES string of the molecule is CC(C)(C)OC(=O)NC1CCN(CCc2ccc(-n3ccc(N)nc3=O)cc2)CC1. The van der Waals surface area contributed by atoms with Crippen LogP contribution in [0, 0.1) is 0 Å². The molecule has 0 spiro atoms. The van der Waals surface area contributed by atoms with Crippen LogP contribution in [0.5, 0.6) is 0 Å². The third-order valence-corrected chi connectivity index (χ3v) is 5.06. The van der Waals surface area contributed by atoms with Gasteiger partial charge in [-0.15, -0.1) is 0 Å². The minimum Gasteiger partial charge on any atom is -0.444 e. The number of nitrogen functional groups attached to an aromatic ring is 1. The maximum atomic E-state index is 12.0. The number of rotatable bonds is 5. The molecule has 0 saturated carbocycles. The molecule has 1 aromatic carbocycles. The highest BCUT2D eigenvalue weighted by atomic mass is 16.6. The van der Waals surface area contributed by atoms with Crippen molar-refractivity contribution in [1.29, 1.82) is 0 Å². The lowest BCUT2D eigenvalue weighted by Gasteiger charge is -2.32. The van der Waals surface area contributed by atoms with E-state index in [1.54, 1.807) is 12.3 Å². The van der Waals surface area contributed by atoms with Crippen LogP contribution in [-0.2, 0) is 11.2 Å². The summed E-state index contributed by atoms with van der Waals surface area (Å²) >= 11 is 0. The number of alkyl carbamates (subject to hydrolysis) is 1. The van der Waals surface area contributed by atoms with Crippen LogP contribution in [0.1, 0.15) is 39.2 Å². The van der Waals surface area contributed by atoms with E-state index in [0.717, 1.165) is 44.6 Å². The molecule has 1 aromatic heterocycles. The van der Waals surface area contributed by atoms with E-state index in [2.05, 4.69) is 15.2 Å². The Balaban J connectivity index is 1.44. The molecule has 1 aliphatic heterocycles. The molecule has 1 amide bonds. The molecule has 0 radical (unpaired) electrons. The lowest BCUT2D eigenvalue weighted by molar-refractivity contribution is 0.0479. The topological polar surface area (TPSA) is 102 Å². The van der Waals surface area contributed by atoms with Crippen molar-refractivity contribution in [1.82, 2.24) is 19.8 Å². The van der Waals surface area contributed by atoms with Gasteiger partial charge in [0.1, 0.15) is 11.4 Å². The summed E-state index contributed by atoms with van der Waals surface area (Å²) in [4.78, 5) is 30.0. The first-order chi connectivity index (χ1) is 14.2. The van der Waals surface area contributed by atoms with E-state index in [9.17, 15) is 9.59 Å². The second kappa shape index (κ2) is 9.30. The number of hydrogen-bond acceptors (Lipinski definition) is 6. The van der Waals surface area contributed by atoms with Crippen molar-refractivity contribution in [2.24, 2.45) is 0 Å². The zero-order chi connectivity index (χ0) is 21.7. The van der Waals surface area contributed by atoms with Gasteiger partial charge >= 0.3 is 11.8 Å². The molecule has 162 valence electrons. The van der Waals surface area contributed by atoms with Gasteiger partial charge in [-0.05, 0) is 63.8 Å². The third-order valence-electron chi connectivity index (χ3n) is 5.06. The van der Waals surface area contributed by atoms with Gasteiger partial charge in [0.15, 0.2) is 0 Å². The molecule has 2 heterocycles. The van der Waals surface area contributed by atoms with Gasteiger partial charge in [-0.1, -0.05) is 12.1 Å². The largest absolute Gasteiger partial charge is 0.444 e. The summed E-state index contributed by atoms with van der Waals surface area (Å²) in [5.41, 5.74) is 6.66. The number of carbonyl (C=O) groups is 1. The Bertz CT molecular complexity index is 910. The van der Waals surface area contributed by atoms with Crippen LogP contribution in [0.2, 0.25) is 0 Å². The highest BCUT2D eigenvalue weighted by molar-refractivity contribution is 5.68. The number of nitrogens with zero attached hydrogens (tertiary/aromatic N) is 3. The molecular formula is C22H31N5O3. The Hall–Kier alpha value is -2.87. The summed E-state index contributed by atoms with van der Waals surface area (Å²) in [5, 5.41) is 2.97. The molecule has 8 heteroatoms. The fraction of sp³-hybridized carbons (Fsp3) is 0.500. The predicted octanol–water partition coefficient (Wildman–Crippen LogP) is 2.35. The van der Waals surface area contributed by atoms with Crippen LogP contribution in [0.4, 0.5) is 10.6 Å². The van der Waals surface area contributed by atoms with Crippen molar-refractivity contribution in [3.8, 4) is 5.69 Å². The van der Waals surface area contributed by atoms with Crippen LogP contribution in [0.3, 0.4) is 0 Å². The van der Waals surface area contributed by atoms with Crippen LogP contribution >= 0.6 is 0 Å². The maximum absolute atomic E-state index is 12.0. The van der Waals surface area contributed by atoms with Gasteiger partial charge in [-0.3, -0.25) is 4.57 Å². The van der Waals surface area contributed by atoms with E-state index in [1.807, 2.05) is 45.0 Å². The third kappa shape index (κ3) is 6.32. The molecule has 1 aliphatic rings. The number of carbonyl (C=O) groups excluding carboxylic acids is 1. The molecule has 3 rings (SSSR count). The fourth-order valence-electron chi connectivity index (χ4n) is 3.50. The molecule has 0 atom stereocenters. The van der Waals surface area contributed by atoms with E-state index < -0.39 is 5.60 Å². The number of hydrogen-bond donors (Lipinski definition) is 2. The molecule has 0 aliphatic carbocycles. The number of piperidine rings is 1. The van der Waals surface area contributed by atoms with Gasteiger partial charge in [0.05, 0.1) is 5.69 Å². The minimum atomic E-state index is -0.474. The second-order valence-corrected chi connectivity index (χ2v) is 8.68. The van der Waals surface area contributed by atoms with Crippen molar-refractivity contribution in [2.45, 2.75) is 51.7 Å². The van der Waals surface area contributed by atoms with Gasteiger partial charge in [0, 0.05) is 31.9 Å². The first-order valence-corrected chi connectivity index (χ1v) is 10.4. The monoisotopic (exact) mass is 413 g/mol. The van der Waals surface area contributed by atoms with Crippen LogP contribution in [-0.4, -0.2) is 51.8 Å². The van der Waals surface area contributed by atoms with E-state index >= 15 is 0 Å². The smallest absolute Gasteiger partial charge is 0.407 e. The van der Waals surface area contributed by atoms with Crippen LogP contribution < -0.4 is 16.7 Å². The Morgan fingerprint density at radius 2 is 1.87 bits per heavy atom. The predicted molar refractivity (Wildman–Crippen MR) is 117 cm³/mol. The van der Waals surface area contributed by atoms with E-state index in [0.29, 0.717) is 0 Å². The van der Waals surface area contributed by atoms with Crippen molar-refractivity contribution < 1.29 is 9.53 Å². The number of amides is 1. The normalized spacial score (nSPS) is 15.7. The maximum Gasteiger partial charge on any atom is 0.407 e. The highest BCUT2D eigenvalue weighted by Crippen LogP contribution is 2.14. The Labute approximate surface area is 177 Å². The van der Waals surface area contributed by atoms with Gasteiger partial charge in [0.25, 0.3) is 0 Å². The van der Waals surface area contributed by atoms with Crippen molar-refractivity contribution in [3.05, 3.63) is 52.6 Å². The minimum absolute atomic E-state index is 0.169. The summed E-state index contributed by atoms with van der Waals surface area (Å²) in [6, 6.07) is 9.69. The molecule has 1 fully saturated rings. The number of benzene rings is 1. The van der Waals surface area contributed by atoms with Crippen molar-refractivity contribution in [2.75, 3.05) is 25.4 Å². The molecule has 30 heavy (non-hydrogen) atoms. The molecule has 1 saturated heterocycles. The quantitative estimate of drug-likeness (QED) is 0.780. The molecule has 0 bridgehead atoms. The van der Waals surface area contributed by atoms with Gasteiger partial charge < -0.3 is 20.7 Å². The number of nitrogens with one attached hydrogen (secondary N) is 1. The fourth-order valence-corrected chi connectivity index (χ4v) is 3.50. The van der Waals surface area contributed by atoms with Crippen LogP contribution in [0.15, 0.2) is 41.3 Å². The van der Waals surface area contributed by atoms with E-state index in [4.69, 9.17) is 10.5 Å².